The van der Waals surface area contributed by atoms with E-state index in [4.69, 9.17) is 0 Å². The Morgan fingerprint density at radius 1 is 0.193 bits per heavy atom. The fourth-order valence-electron chi connectivity index (χ4n) is 15.2. The highest BCUT2D eigenvalue weighted by atomic mass is 16.3. The minimum Gasteiger partial charge on any atom is -0.507 e. The fourth-order valence-corrected chi connectivity index (χ4v) is 15.2. The summed E-state index contributed by atoms with van der Waals surface area (Å²) in [7, 11) is 0. The summed E-state index contributed by atoms with van der Waals surface area (Å²) in [5, 5.41) is 95.3. The molecule has 0 aliphatic heterocycles. The minimum absolute atomic E-state index is 0.151. The van der Waals surface area contributed by atoms with Gasteiger partial charge < -0.3 is 46.0 Å². The predicted octanol–water partition coefficient (Wildman–Crippen LogP) is 29.1. The average Bonchev–Trinajstić information content (AvgIpc) is 0.825. The monoisotopic (exact) mass is 1900 g/mol. The van der Waals surface area contributed by atoms with Crippen molar-refractivity contribution in [3.05, 3.63) is 543 Å². The summed E-state index contributed by atoms with van der Waals surface area (Å²) in [4.78, 5) is 44.4. The van der Waals surface area contributed by atoms with Gasteiger partial charge in [-0.15, -0.1) is 0 Å². The Morgan fingerprint density at radius 2 is 0.462 bits per heavy atom. The zero-order chi connectivity index (χ0) is 101. The topological polar surface area (TPSA) is 306 Å². The Kier molecular flexibility index (Phi) is 35.4. The molecular weight excluding hydrogens is 1800 g/mol. The maximum Gasteiger partial charge on any atom is 0.127 e. The molecule has 0 saturated carbocycles. The van der Waals surface area contributed by atoms with Crippen LogP contribution in [-0.2, 0) is 25.7 Å². The molecule has 0 bridgehead atoms. The number of fused-ring (bicyclic) bond motifs is 1. The smallest absolute Gasteiger partial charge is 0.127 e. The summed E-state index contributed by atoms with van der Waals surface area (Å²) in [6.07, 6.45) is 18.7. The lowest BCUT2D eigenvalue weighted by Gasteiger charge is -2.10. The molecule has 19 aromatic rings. The molecule has 0 saturated heterocycles. The molecular formula is C126H104N10O9. The van der Waals surface area contributed by atoms with Crippen LogP contribution in [0.2, 0.25) is 0 Å². The standard InChI is InChI=1S/2C28H24N2O2.2C27H22N2O2.C16H12N2O/c1-20-8-5-11-23(27(20)31)18-30-26-15-6-9-21(17-26)16-22-10-7-12-24(28(22)32)19-29-25-13-3-2-4-14-25;1-20-9-7-12-23(27(20)31)19-30-26-16-6-5-10-21(26)17-22-11-8-13-24(28(22)32)18-29-25-14-3-2-4-15-25;30-26-20(9-7-11-22(26)18-28-24-13-3-1-4-14-24)17-21-10-8-12-23(27(21)31)19-29-25-15-5-2-6-16-25;30-26-17-20(14-15-22(26)18-28-24-10-3-1-4-11-24)16-21-8-7-9-23(27(21)31)19-29-25-12-5-2-6-13-25;19-15-9-2-1-5-13(15)11-18-14-8-3-6-12-7-4-10-17-16(12)14/h2-15,17-19,31-32H,16H2,1H3;2-16,18-19,31-32H,17H2,1H3;1-16,18-19,30-31H,17H2;1-15,17-19,30-31H,16H2;1-11,19H. The number of pyridine rings is 1. The van der Waals surface area contributed by atoms with Gasteiger partial charge in [0, 0.05) is 143 Å². The molecule has 9 N–H and O–H groups in total. The third kappa shape index (κ3) is 29.1. The highest BCUT2D eigenvalue weighted by molar-refractivity contribution is 5.95. The maximum atomic E-state index is 10.8. The van der Waals surface area contributed by atoms with Crippen LogP contribution < -0.4 is 0 Å². The predicted molar refractivity (Wildman–Crippen MR) is 592 cm³/mol. The Morgan fingerprint density at radius 3 is 0.869 bits per heavy atom. The molecule has 19 nitrogen and oxygen atoms in total. The van der Waals surface area contributed by atoms with E-state index >= 15 is 0 Å². The highest BCUT2D eigenvalue weighted by Crippen LogP contribution is 2.36. The quantitative estimate of drug-likeness (QED) is 0.0231. The molecule has 19 heteroatoms. The second kappa shape index (κ2) is 51.3. The van der Waals surface area contributed by atoms with Gasteiger partial charge in [-0.2, -0.15) is 0 Å². The molecule has 1 heterocycles. The van der Waals surface area contributed by atoms with Crippen molar-refractivity contribution in [2.45, 2.75) is 39.5 Å². The average molecular weight is 1900 g/mol. The van der Waals surface area contributed by atoms with E-state index < -0.39 is 0 Å². The third-order valence-electron chi connectivity index (χ3n) is 23.1. The second-order valence-corrected chi connectivity index (χ2v) is 33.4. The normalized spacial score (nSPS) is 11.4. The van der Waals surface area contributed by atoms with Gasteiger partial charge >= 0.3 is 0 Å². The number of aromatic hydroxyl groups is 9. The summed E-state index contributed by atoms with van der Waals surface area (Å²) >= 11 is 0. The molecule has 1 aromatic heterocycles. The van der Waals surface area contributed by atoms with Crippen molar-refractivity contribution < 1.29 is 46.0 Å². The Bertz CT molecular complexity index is 7770. The van der Waals surface area contributed by atoms with E-state index in [9.17, 15) is 46.0 Å². The number of aryl methyl sites for hydroxylation is 2. The number of aliphatic imine (C=N–C) groups is 9. The van der Waals surface area contributed by atoms with Crippen molar-refractivity contribution in [2.75, 3.05) is 0 Å². The largest absolute Gasteiger partial charge is 0.507 e. The first-order chi connectivity index (χ1) is 70.9. The summed E-state index contributed by atoms with van der Waals surface area (Å²) < 4.78 is 0. The number of phenols is 9. The summed E-state index contributed by atoms with van der Waals surface area (Å²) in [5.41, 5.74) is 22.4. The van der Waals surface area contributed by atoms with Crippen LogP contribution in [0.1, 0.15) is 106 Å². The summed E-state index contributed by atoms with van der Waals surface area (Å²) in [6, 6.07) is 135. The third-order valence-corrected chi connectivity index (χ3v) is 23.1. The molecule has 0 aliphatic rings. The van der Waals surface area contributed by atoms with Crippen LogP contribution in [0.3, 0.4) is 0 Å². The Labute approximate surface area is 842 Å². The number of hydrogen-bond acceptors (Lipinski definition) is 19. The first kappa shape index (κ1) is 100. The molecule has 0 aliphatic carbocycles. The fraction of sp³-hybridized carbons (Fsp3) is 0.0476. The zero-order valence-electron chi connectivity index (χ0n) is 79.6. The van der Waals surface area contributed by atoms with E-state index in [1.807, 2.05) is 426 Å². The number of para-hydroxylation sites is 16. The molecule has 19 rings (SSSR count). The number of benzene rings is 18. The number of nitrogens with zero attached hydrogens (tertiary/aromatic N) is 10. The number of rotatable bonds is 26. The summed E-state index contributed by atoms with van der Waals surface area (Å²) in [5.74, 6) is 1.79. The molecule has 145 heavy (non-hydrogen) atoms. The first-order valence-corrected chi connectivity index (χ1v) is 46.8. The van der Waals surface area contributed by atoms with Crippen LogP contribution in [0.4, 0.5) is 51.2 Å². The maximum absolute atomic E-state index is 10.8. The van der Waals surface area contributed by atoms with E-state index in [0.717, 1.165) is 107 Å². The van der Waals surface area contributed by atoms with E-state index in [-0.39, 0.29) is 51.7 Å². The summed E-state index contributed by atoms with van der Waals surface area (Å²) in [6.45, 7) is 3.72. The Hall–Kier alpha value is -19.4. The van der Waals surface area contributed by atoms with Crippen LogP contribution >= 0.6 is 0 Å². The number of hydrogen-bond donors (Lipinski definition) is 9. The van der Waals surface area contributed by atoms with Gasteiger partial charge in [-0.25, -0.2) is 0 Å². The van der Waals surface area contributed by atoms with Crippen molar-refractivity contribution in [1.82, 2.24) is 4.98 Å². The van der Waals surface area contributed by atoms with E-state index in [1.54, 1.807) is 80.3 Å². The van der Waals surface area contributed by atoms with Gasteiger partial charge in [0.15, 0.2) is 0 Å². The van der Waals surface area contributed by atoms with Gasteiger partial charge in [-0.1, -0.05) is 261 Å². The molecule has 0 fully saturated rings. The van der Waals surface area contributed by atoms with Crippen LogP contribution in [0.5, 0.6) is 51.7 Å². The Balaban J connectivity index is 0.000000137. The van der Waals surface area contributed by atoms with Gasteiger partial charge in [-0.3, -0.25) is 49.9 Å². The van der Waals surface area contributed by atoms with Crippen molar-refractivity contribution in [2.24, 2.45) is 44.9 Å². The minimum atomic E-state index is 0.151. The van der Waals surface area contributed by atoms with Gasteiger partial charge in [-0.05, 0) is 239 Å². The molecule has 0 radical (unpaired) electrons. The SMILES string of the molecule is Cc1cccc(C=Nc2cccc(Cc3cccc(C=Nc4ccccc4)c3O)c2)c1O.Cc1cccc(C=Nc2ccccc2Cc2cccc(C=Nc3ccccc3)c2O)c1O.Oc1c(C=Nc2ccccc2)cccc1Cc1cccc(C=Nc2ccccc2)c1O.Oc1cc(Cc2cccc(C=Nc3ccccc3)c2O)ccc1C=Nc1ccccc1.Oc1ccccc1C=Nc1cccc2cccnc12. The van der Waals surface area contributed by atoms with Crippen molar-refractivity contribution in [1.29, 1.82) is 0 Å². The van der Waals surface area contributed by atoms with Crippen molar-refractivity contribution in [3.8, 4) is 51.7 Å². The van der Waals surface area contributed by atoms with E-state index in [0.29, 0.717) is 86.9 Å². The lowest BCUT2D eigenvalue weighted by atomic mass is 9.99. The van der Waals surface area contributed by atoms with Crippen LogP contribution in [-0.4, -0.2) is 107 Å². The van der Waals surface area contributed by atoms with Crippen LogP contribution in [0, 0.1) is 13.8 Å². The molecule has 0 atom stereocenters. The number of aromatic nitrogens is 1. The zero-order valence-corrected chi connectivity index (χ0v) is 79.6. The van der Waals surface area contributed by atoms with Gasteiger partial charge in [0.1, 0.15) is 51.7 Å². The van der Waals surface area contributed by atoms with Gasteiger partial charge in [0.05, 0.1) is 56.7 Å². The highest BCUT2D eigenvalue weighted by Gasteiger charge is 2.17. The molecule has 712 valence electrons. The van der Waals surface area contributed by atoms with Gasteiger partial charge in [0.25, 0.3) is 0 Å². The lowest BCUT2D eigenvalue weighted by molar-refractivity contribution is 0.462. The van der Waals surface area contributed by atoms with Gasteiger partial charge in [0.2, 0.25) is 0 Å². The second-order valence-electron chi connectivity index (χ2n) is 33.4. The molecule has 18 aromatic carbocycles. The number of phenolic OH excluding ortho intramolecular Hbond substituents is 9. The molecule has 0 unspecified atom stereocenters. The van der Waals surface area contributed by atoms with Crippen LogP contribution in [0.25, 0.3) is 10.9 Å². The van der Waals surface area contributed by atoms with Crippen molar-refractivity contribution >= 4 is 118 Å². The van der Waals surface area contributed by atoms with Crippen molar-refractivity contribution in [3.63, 3.8) is 0 Å². The first-order valence-electron chi connectivity index (χ1n) is 46.8. The molecule has 0 amide bonds. The van der Waals surface area contributed by atoms with Crippen LogP contribution in [0.15, 0.2) is 482 Å². The van der Waals surface area contributed by atoms with E-state index in [1.165, 1.54) is 0 Å². The molecule has 0 spiro atoms. The van der Waals surface area contributed by atoms with E-state index in [2.05, 4.69) is 49.9 Å². The lowest BCUT2D eigenvalue weighted by Crippen LogP contribution is -1.95.